The lowest BCUT2D eigenvalue weighted by Crippen LogP contribution is -2.28. The molecule has 4 unspecified atom stereocenters. The van der Waals surface area contributed by atoms with Crippen molar-refractivity contribution in [2.75, 3.05) is 5.75 Å². The van der Waals surface area contributed by atoms with Gasteiger partial charge in [0.15, 0.2) is 0 Å². The van der Waals surface area contributed by atoms with Gasteiger partial charge in [-0.2, -0.15) is 11.8 Å². The van der Waals surface area contributed by atoms with Crippen LogP contribution in [0, 0.1) is 17.8 Å². The Balaban J connectivity index is 1.73. The SMILES string of the molecule is C=C(I)CCCC1CC2CSC2C1C. The molecule has 0 spiro atoms. The highest BCUT2D eigenvalue weighted by Crippen LogP contribution is 2.53. The Labute approximate surface area is 105 Å². The molecule has 80 valence electrons. The monoisotopic (exact) mass is 322 g/mol. The number of rotatable bonds is 4. The highest BCUT2D eigenvalue weighted by Gasteiger charge is 2.45. The molecule has 1 saturated carbocycles. The highest BCUT2D eigenvalue weighted by atomic mass is 127. The molecule has 1 aliphatic heterocycles. The summed E-state index contributed by atoms with van der Waals surface area (Å²) in [5, 5.41) is 1.03. The first-order chi connectivity index (χ1) is 6.68. The van der Waals surface area contributed by atoms with E-state index in [0.717, 1.165) is 23.0 Å². The van der Waals surface area contributed by atoms with Crippen LogP contribution in [0.2, 0.25) is 0 Å². The lowest BCUT2D eigenvalue weighted by atomic mass is 9.92. The predicted molar refractivity (Wildman–Crippen MR) is 74.0 cm³/mol. The molecule has 1 saturated heterocycles. The lowest BCUT2D eigenvalue weighted by Gasteiger charge is -2.32. The average molecular weight is 322 g/mol. The standard InChI is InChI=1S/C12H19IS/c1-8(13)4-3-5-10-6-11-7-14-12(11)9(10)2/h9-12H,1,3-7H2,2H3. The molecule has 0 nitrogen and oxygen atoms in total. The van der Waals surface area contributed by atoms with Gasteiger partial charge in [-0.15, -0.1) is 0 Å². The van der Waals surface area contributed by atoms with Gasteiger partial charge in [0, 0.05) is 5.25 Å². The van der Waals surface area contributed by atoms with Crippen LogP contribution < -0.4 is 0 Å². The third kappa shape index (κ3) is 2.31. The molecule has 0 aromatic heterocycles. The van der Waals surface area contributed by atoms with Crippen molar-refractivity contribution in [1.82, 2.24) is 0 Å². The largest absolute Gasteiger partial charge is 0.158 e. The van der Waals surface area contributed by atoms with Crippen molar-refractivity contribution < 1.29 is 0 Å². The minimum atomic E-state index is 0.987. The first kappa shape index (κ1) is 11.3. The van der Waals surface area contributed by atoms with Gasteiger partial charge in [0.25, 0.3) is 0 Å². The van der Waals surface area contributed by atoms with E-state index in [4.69, 9.17) is 0 Å². The minimum absolute atomic E-state index is 0.987. The number of hydrogen-bond donors (Lipinski definition) is 0. The maximum absolute atomic E-state index is 3.96. The van der Waals surface area contributed by atoms with E-state index in [0.29, 0.717) is 0 Å². The van der Waals surface area contributed by atoms with Crippen LogP contribution in [0.15, 0.2) is 10.2 Å². The van der Waals surface area contributed by atoms with E-state index >= 15 is 0 Å². The first-order valence-corrected chi connectivity index (χ1v) is 7.76. The number of fused-ring (bicyclic) bond motifs is 1. The summed E-state index contributed by atoms with van der Waals surface area (Å²) in [7, 11) is 0. The summed E-state index contributed by atoms with van der Waals surface area (Å²) in [4.78, 5) is 0. The van der Waals surface area contributed by atoms with Crippen molar-refractivity contribution >= 4 is 34.4 Å². The molecule has 2 aliphatic rings. The molecule has 0 aromatic carbocycles. The second kappa shape index (κ2) is 4.77. The maximum Gasteiger partial charge on any atom is 0.0112 e. The fraction of sp³-hybridized carbons (Fsp3) is 0.833. The number of halogens is 1. The van der Waals surface area contributed by atoms with E-state index in [1.54, 1.807) is 0 Å². The summed E-state index contributed by atoms with van der Waals surface area (Å²) < 4.78 is 1.32. The average Bonchev–Trinajstić information content (AvgIpc) is 2.25. The smallest absolute Gasteiger partial charge is 0.0112 e. The van der Waals surface area contributed by atoms with Gasteiger partial charge in [0.2, 0.25) is 0 Å². The van der Waals surface area contributed by atoms with Crippen LogP contribution in [0.4, 0.5) is 0 Å². The van der Waals surface area contributed by atoms with Crippen molar-refractivity contribution in [1.29, 1.82) is 0 Å². The zero-order chi connectivity index (χ0) is 10.1. The van der Waals surface area contributed by atoms with E-state index in [1.807, 2.05) is 0 Å². The fourth-order valence-corrected chi connectivity index (χ4v) is 4.78. The third-order valence-corrected chi connectivity index (χ3v) is 6.22. The maximum atomic E-state index is 3.96. The van der Waals surface area contributed by atoms with Crippen LogP contribution in [-0.2, 0) is 0 Å². The van der Waals surface area contributed by atoms with E-state index in [9.17, 15) is 0 Å². The molecule has 1 heterocycles. The van der Waals surface area contributed by atoms with Gasteiger partial charge in [-0.05, 0) is 75.4 Å². The van der Waals surface area contributed by atoms with Crippen LogP contribution in [0.3, 0.4) is 0 Å². The summed E-state index contributed by atoms with van der Waals surface area (Å²) in [6.07, 6.45) is 5.55. The zero-order valence-electron chi connectivity index (χ0n) is 8.84. The molecule has 0 bridgehead atoms. The van der Waals surface area contributed by atoms with Gasteiger partial charge >= 0.3 is 0 Å². The first-order valence-electron chi connectivity index (χ1n) is 5.63. The molecule has 2 heteroatoms. The lowest BCUT2D eigenvalue weighted by molar-refractivity contribution is 0.387. The van der Waals surface area contributed by atoms with Crippen molar-refractivity contribution in [2.24, 2.45) is 17.8 Å². The summed E-state index contributed by atoms with van der Waals surface area (Å²) in [5.74, 6) is 4.55. The molecular formula is C12H19IS. The number of thioether (sulfide) groups is 1. The minimum Gasteiger partial charge on any atom is -0.158 e. The van der Waals surface area contributed by atoms with Crippen LogP contribution in [0.5, 0.6) is 0 Å². The molecule has 0 N–H and O–H groups in total. The molecule has 0 amide bonds. The Morgan fingerprint density at radius 1 is 1.57 bits per heavy atom. The molecule has 4 atom stereocenters. The molecular weight excluding hydrogens is 303 g/mol. The van der Waals surface area contributed by atoms with Gasteiger partial charge in [0.1, 0.15) is 0 Å². The van der Waals surface area contributed by atoms with E-state index in [1.165, 1.54) is 35.0 Å². The van der Waals surface area contributed by atoms with Crippen LogP contribution in [0.25, 0.3) is 0 Å². The molecule has 14 heavy (non-hydrogen) atoms. The van der Waals surface area contributed by atoms with Crippen LogP contribution in [-0.4, -0.2) is 11.0 Å². The fourth-order valence-electron chi connectivity index (χ4n) is 2.94. The van der Waals surface area contributed by atoms with Gasteiger partial charge in [-0.1, -0.05) is 13.5 Å². The second-order valence-corrected chi connectivity index (χ2v) is 7.56. The van der Waals surface area contributed by atoms with E-state index in [-0.39, 0.29) is 0 Å². The highest BCUT2D eigenvalue weighted by molar-refractivity contribution is 14.1. The van der Waals surface area contributed by atoms with Crippen LogP contribution >= 0.6 is 34.4 Å². The number of hydrogen-bond acceptors (Lipinski definition) is 1. The van der Waals surface area contributed by atoms with Crippen molar-refractivity contribution in [2.45, 2.75) is 37.9 Å². The van der Waals surface area contributed by atoms with E-state index < -0.39 is 0 Å². The summed E-state index contributed by atoms with van der Waals surface area (Å²) in [5.41, 5.74) is 0. The van der Waals surface area contributed by atoms with E-state index in [2.05, 4.69) is 47.9 Å². The summed E-state index contributed by atoms with van der Waals surface area (Å²) >= 11 is 4.56. The van der Waals surface area contributed by atoms with Gasteiger partial charge in [-0.25, -0.2) is 0 Å². The Bertz CT molecular complexity index is 226. The molecule has 2 rings (SSSR count). The predicted octanol–water partition coefficient (Wildman–Crippen LogP) is 4.49. The second-order valence-electron chi connectivity index (χ2n) is 4.82. The van der Waals surface area contributed by atoms with Gasteiger partial charge in [-0.3, -0.25) is 0 Å². The molecule has 0 radical (unpaired) electrons. The number of allylic oxidation sites excluding steroid dienone is 1. The Morgan fingerprint density at radius 3 is 2.79 bits per heavy atom. The molecule has 0 aromatic rings. The normalized spacial score (nSPS) is 40.4. The molecule has 2 fully saturated rings. The quantitative estimate of drug-likeness (QED) is 0.687. The summed E-state index contributed by atoms with van der Waals surface area (Å²) in [6.45, 7) is 6.44. The van der Waals surface area contributed by atoms with Crippen LogP contribution in [0.1, 0.15) is 32.6 Å². The third-order valence-electron chi connectivity index (χ3n) is 3.86. The van der Waals surface area contributed by atoms with Gasteiger partial charge < -0.3 is 0 Å². The van der Waals surface area contributed by atoms with Crippen molar-refractivity contribution in [3.05, 3.63) is 10.2 Å². The molecule has 1 aliphatic carbocycles. The van der Waals surface area contributed by atoms with Crippen molar-refractivity contribution in [3.8, 4) is 0 Å². The summed E-state index contributed by atoms with van der Waals surface area (Å²) in [6, 6.07) is 0. The Kier molecular flexibility index (Phi) is 3.85. The topological polar surface area (TPSA) is 0 Å². The zero-order valence-corrected chi connectivity index (χ0v) is 11.8. The Morgan fingerprint density at radius 2 is 2.36 bits per heavy atom. The Hall–Kier alpha value is 0.820. The van der Waals surface area contributed by atoms with Gasteiger partial charge in [0.05, 0.1) is 0 Å². The van der Waals surface area contributed by atoms with Crippen molar-refractivity contribution in [3.63, 3.8) is 0 Å².